The number of nitrogens with one attached hydrogen (secondary N) is 2. The average Bonchev–Trinajstić information content (AvgIpc) is 2.54. The zero-order chi connectivity index (χ0) is 16.4. The topological polar surface area (TPSA) is 57.3 Å². The fraction of sp³-hybridized carbons (Fsp3) is 0.333. The minimum Gasteiger partial charge on any atom is -0.362 e. The molecule has 5 heteroatoms. The molecular weight excluding hydrogens is 288 g/mol. The van der Waals surface area contributed by atoms with Crippen molar-refractivity contribution in [2.75, 3.05) is 30.9 Å². The Hall–Kier alpha value is -2.40. The van der Waals surface area contributed by atoms with Gasteiger partial charge in [0.2, 0.25) is 0 Å². The number of amides is 1. The number of fused-ring (bicyclic) bond motifs is 1. The summed E-state index contributed by atoms with van der Waals surface area (Å²) in [4.78, 5) is 19.0. The molecule has 0 fully saturated rings. The predicted molar refractivity (Wildman–Crippen MR) is 93.1 cm³/mol. The minimum absolute atomic E-state index is 0.130. The normalized spacial score (nSPS) is 13.3. The highest BCUT2D eigenvalue weighted by atomic mass is 16.1. The van der Waals surface area contributed by atoms with Gasteiger partial charge in [0.15, 0.2) is 0 Å². The molecule has 0 atom stereocenters. The molecule has 5 nitrogen and oxygen atoms in total. The van der Waals surface area contributed by atoms with Crippen LogP contribution in [0.5, 0.6) is 0 Å². The van der Waals surface area contributed by atoms with Gasteiger partial charge >= 0.3 is 0 Å². The van der Waals surface area contributed by atoms with Crippen molar-refractivity contribution < 1.29 is 4.79 Å². The van der Waals surface area contributed by atoms with Crippen molar-refractivity contribution >= 4 is 17.4 Å². The van der Waals surface area contributed by atoms with Gasteiger partial charge in [-0.05, 0) is 55.3 Å². The van der Waals surface area contributed by atoms with Crippen molar-refractivity contribution in [2.45, 2.75) is 19.9 Å². The van der Waals surface area contributed by atoms with Crippen LogP contribution in [0.3, 0.4) is 0 Å². The van der Waals surface area contributed by atoms with Crippen LogP contribution in [0.2, 0.25) is 0 Å². The van der Waals surface area contributed by atoms with E-state index < -0.39 is 0 Å². The fourth-order valence-electron chi connectivity index (χ4n) is 2.81. The summed E-state index contributed by atoms with van der Waals surface area (Å²) < 4.78 is 0. The first-order chi connectivity index (χ1) is 11.0. The number of hydrogen-bond acceptors (Lipinski definition) is 4. The fourth-order valence-corrected chi connectivity index (χ4v) is 2.81. The first-order valence-corrected chi connectivity index (χ1v) is 7.83. The lowest BCUT2D eigenvalue weighted by atomic mass is 10.0. The molecule has 0 saturated heterocycles. The molecule has 0 aliphatic carbocycles. The molecular formula is C18H22N4O. The van der Waals surface area contributed by atoms with Gasteiger partial charge in [0.1, 0.15) is 5.82 Å². The van der Waals surface area contributed by atoms with E-state index in [9.17, 15) is 4.79 Å². The highest BCUT2D eigenvalue weighted by Gasteiger charge is 2.16. The van der Waals surface area contributed by atoms with Gasteiger partial charge in [-0.1, -0.05) is 6.07 Å². The molecule has 2 heterocycles. The quantitative estimate of drug-likeness (QED) is 0.914. The van der Waals surface area contributed by atoms with E-state index in [2.05, 4.69) is 27.8 Å². The summed E-state index contributed by atoms with van der Waals surface area (Å²) in [6.07, 6.45) is 0.994. The maximum Gasteiger partial charge on any atom is 0.259 e. The van der Waals surface area contributed by atoms with E-state index in [0.717, 1.165) is 30.9 Å². The highest BCUT2D eigenvalue weighted by Crippen LogP contribution is 2.22. The number of hydrogen-bond donors (Lipinski definition) is 2. The van der Waals surface area contributed by atoms with Crippen LogP contribution in [0.1, 0.15) is 27.2 Å². The SMILES string of the molecule is Cc1ccc(C(=O)Nc2ccc3c(c2)CCNC3)c(N(C)C)n1. The number of carbonyl (C=O) groups is 1. The number of anilines is 2. The Morgan fingerprint density at radius 3 is 2.83 bits per heavy atom. The van der Waals surface area contributed by atoms with Crippen LogP contribution in [0.25, 0.3) is 0 Å². The standard InChI is InChI=1S/C18H22N4O/c1-12-4-7-16(17(20-12)22(2)3)18(23)21-15-6-5-14-11-19-9-8-13(14)10-15/h4-7,10,19H,8-9,11H2,1-3H3,(H,21,23). The van der Waals surface area contributed by atoms with Crippen LogP contribution in [-0.4, -0.2) is 31.5 Å². The van der Waals surface area contributed by atoms with Gasteiger partial charge in [-0.15, -0.1) is 0 Å². The first kappa shape index (κ1) is 15.5. The number of benzene rings is 1. The molecule has 1 aliphatic rings. The second kappa shape index (κ2) is 6.38. The first-order valence-electron chi connectivity index (χ1n) is 7.83. The lowest BCUT2D eigenvalue weighted by molar-refractivity contribution is 0.102. The van der Waals surface area contributed by atoms with E-state index >= 15 is 0 Å². The van der Waals surface area contributed by atoms with Gasteiger partial charge in [0, 0.05) is 32.0 Å². The van der Waals surface area contributed by atoms with Crippen molar-refractivity contribution in [3.8, 4) is 0 Å². The Morgan fingerprint density at radius 1 is 1.22 bits per heavy atom. The summed E-state index contributed by atoms with van der Waals surface area (Å²) in [6, 6.07) is 9.80. The molecule has 0 unspecified atom stereocenters. The summed E-state index contributed by atoms with van der Waals surface area (Å²) in [5.41, 5.74) is 4.92. The van der Waals surface area contributed by atoms with Crippen molar-refractivity contribution in [3.05, 3.63) is 52.7 Å². The maximum atomic E-state index is 12.6. The molecule has 0 saturated carbocycles. The molecule has 2 aromatic rings. The highest BCUT2D eigenvalue weighted by molar-refractivity contribution is 6.07. The predicted octanol–water partition coefficient (Wildman–Crippen LogP) is 2.35. The molecule has 23 heavy (non-hydrogen) atoms. The van der Waals surface area contributed by atoms with Crippen LogP contribution in [0.15, 0.2) is 30.3 Å². The summed E-state index contributed by atoms with van der Waals surface area (Å²) in [6.45, 7) is 3.81. The van der Waals surface area contributed by atoms with Crippen molar-refractivity contribution in [2.24, 2.45) is 0 Å². The number of carbonyl (C=O) groups excluding carboxylic acids is 1. The average molecular weight is 310 g/mol. The second-order valence-electron chi connectivity index (χ2n) is 6.08. The lowest BCUT2D eigenvalue weighted by Crippen LogP contribution is -2.24. The van der Waals surface area contributed by atoms with Gasteiger partial charge in [-0.2, -0.15) is 0 Å². The van der Waals surface area contributed by atoms with Crippen molar-refractivity contribution in [1.82, 2.24) is 10.3 Å². The van der Waals surface area contributed by atoms with E-state index in [1.54, 1.807) is 0 Å². The third-order valence-corrected chi connectivity index (χ3v) is 4.03. The van der Waals surface area contributed by atoms with E-state index in [4.69, 9.17) is 0 Å². The van der Waals surface area contributed by atoms with Gasteiger partial charge in [-0.25, -0.2) is 4.98 Å². The van der Waals surface area contributed by atoms with Crippen LogP contribution in [0, 0.1) is 6.92 Å². The van der Waals surface area contributed by atoms with Crippen LogP contribution >= 0.6 is 0 Å². The second-order valence-corrected chi connectivity index (χ2v) is 6.08. The third-order valence-electron chi connectivity index (χ3n) is 4.03. The summed E-state index contributed by atoms with van der Waals surface area (Å²) in [7, 11) is 3.79. The third kappa shape index (κ3) is 3.35. The van der Waals surface area contributed by atoms with E-state index in [1.165, 1.54) is 11.1 Å². The molecule has 0 spiro atoms. The van der Waals surface area contributed by atoms with E-state index in [0.29, 0.717) is 11.4 Å². The Bertz CT molecular complexity index is 740. The Balaban J connectivity index is 1.85. The van der Waals surface area contributed by atoms with E-state index in [-0.39, 0.29) is 5.91 Å². The zero-order valence-electron chi connectivity index (χ0n) is 13.8. The zero-order valence-corrected chi connectivity index (χ0v) is 13.8. The summed E-state index contributed by atoms with van der Waals surface area (Å²) in [5.74, 6) is 0.555. The molecule has 120 valence electrons. The molecule has 0 bridgehead atoms. The summed E-state index contributed by atoms with van der Waals surface area (Å²) >= 11 is 0. The van der Waals surface area contributed by atoms with Gasteiger partial charge in [0.25, 0.3) is 5.91 Å². The molecule has 0 radical (unpaired) electrons. The number of aromatic nitrogens is 1. The van der Waals surface area contributed by atoms with Gasteiger partial charge in [0.05, 0.1) is 5.56 Å². The Kier molecular flexibility index (Phi) is 4.30. The molecule has 3 rings (SSSR count). The molecule has 1 aliphatic heterocycles. The van der Waals surface area contributed by atoms with Crippen LogP contribution < -0.4 is 15.5 Å². The number of nitrogens with zero attached hydrogens (tertiary/aromatic N) is 2. The number of pyridine rings is 1. The molecule has 1 aromatic heterocycles. The van der Waals surface area contributed by atoms with Crippen LogP contribution in [-0.2, 0) is 13.0 Å². The Morgan fingerprint density at radius 2 is 2.04 bits per heavy atom. The maximum absolute atomic E-state index is 12.6. The monoisotopic (exact) mass is 310 g/mol. The Labute approximate surface area is 136 Å². The van der Waals surface area contributed by atoms with E-state index in [1.807, 2.05) is 44.1 Å². The lowest BCUT2D eigenvalue weighted by Gasteiger charge is -2.19. The smallest absolute Gasteiger partial charge is 0.259 e. The minimum atomic E-state index is -0.130. The van der Waals surface area contributed by atoms with Crippen molar-refractivity contribution in [3.63, 3.8) is 0 Å². The van der Waals surface area contributed by atoms with Crippen LogP contribution in [0.4, 0.5) is 11.5 Å². The summed E-state index contributed by atoms with van der Waals surface area (Å²) in [5, 5.41) is 6.35. The molecule has 1 amide bonds. The van der Waals surface area contributed by atoms with Gasteiger partial charge in [-0.3, -0.25) is 4.79 Å². The molecule has 1 aromatic carbocycles. The number of rotatable bonds is 3. The van der Waals surface area contributed by atoms with Gasteiger partial charge < -0.3 is 15.5 Å². The van der Waals surface area contributed by atoms with Crippen molar-refractivity contribution in [1.29, 1.82) is 0 Å². The molecule has 2 N–H and O–H groups in total. The largest absolute Gasteiger partial charge is 0.362 e. The number of aryl methyl sites for hydroxylation is 1.